The third kappa shape index (κ3) is 5.99. The summed E-state index contributed by atoms with van der Waals surface area (Å²) in [6.07, 6.45) is 0. The Morgan fingerprint density at radius 3 is 2.35 bits per heavy atom. The number of rotatable bonds is 6. The predicted octanol–water partition coefficient (Wildman–Crippen LogP) is 2.16. The minimum absolute atomic E-state index is 0.153. The normalized spacial score (nSPS) is 15.2. The van der Waals surface area contributed by atoms with Crippen LogP contribution >= 0.6 is 0 Å². The molecule has 0 aromatic heterocycles. The molecule has 1 aliphatic rings. The van der Waals surface area contributed by atoms with Gasteiger partial charge >= 0.3 is 11.8 Å². The second-order valence-electron chi connectivity index (χ2n) is 7.44. The minimum Gasteiger partial charge on any atom is -0.379 e. The summed E-state index contributed by atoms with van der Waals surface area (Å²) in [5.41, 5.74) is 1.79. The number of benzene rings is 2. The average molecular weight is 432 g/mol. The van der Waals surface area contributed by atoms with Crippen LogP contribution in [-0.2, 0) is 14.3 Å². The van der Waals surface area contributed by atoms with Crippen molar-refractivity contribution in [1.82, 2.24) is 10.2 Å². The fourth-order valence-electron chi connectivity index (χ4n) is 3.38. The first-order valence-electron chi connectivity index (χ1n) is 9.98. The van der Waals surface area contributed by atoms with Crippen LogP contribution in [0.5, 0.6) is 0 Å². The lowest BCUT2D eigenvalue weighted by molar-refractivity contribution is -0.136. The van der Waals surface area contributed by atoms with Crippen LogP contribution in [0, 0.1) is 11.6 Å². The van der Waals surface area contributed by atoms with E-state index in [0.717, 1.165) is 23.4 Å². The molecular formula is C22H26F2N4O3. The fraction of sp³-hybridized carbons (Fsp3) is 0.364. The molecule has 31 heavy (non-hydrogen) atoms. The topological polar surface area (TPSA) is 73.9 Å². The Labute approximate surface area is 180 Å². The van der Waals surface area contributed by atoms with Gasteiger partial charge in [-0.05, 0) is 29.8 Å². The first-order valence-corrected chi connectivity index (χ1v) is 9.98. The molecule has 2 amide bonds. The molecule has 7 nitrogen and oxygen atoms in total. The van der Waals surface area contributed by atoms with Crippen molar-refractivity contribution in [3.63, 3.8) is 0 Å². The van der Waals surface area contributed by atoms with Gasteiger partial charge in [0, 0.05) is 45.5 Å². The third-order valence-corrected chi connectivity index (χ3v) is 5.12. The Bertz CT molecular complexity index is 915. The van der Waals surface area contributed by atoms with Gasteiger partial charge in [-0.25, -0.2) is 8.78 Å². The molecule has 0 spiro atoms. The molecule has 0 bridgehead atoms. The number of hydrogen-bond acceptors (Lipinski definition) is 5. The molecule has 1 aliphatic heterocycles. The average Bonchev–Trinajstić information content (AvgIpc) is 2.76. The molecule has 3 rings (SSSR count). The lowest BCUT2D eigenvalue weighted by Gasteiger charge is -2.35. The number of halogens is 2. The van der Waals surface area contributed by atoms with Crippen molar-refractivity contribution in [2.45, 2.75) is 6.04 Å². The van der Waals surface area contributed by atoms with Crippen LogP contribution in [0.1, 0.15) is 11.6 Å². The summed E-state index contributed by atoms with van der Waals surface area (Å²) in [4.78, 5) is 28.7. The van der Waals surface area contributed by atoms with E-state index in [9.17, 15) is 18.4 Å². The van der Waals surface area contributed by atoms with Gasteiger partial charge in [0.05, 0.1) is 24.9 Å². The second-order valence-corrected chi connectivity index (χ2v) is 7.44. The predicted molar refractivity (Wildman–Crippen MR) is 114 cm³/mol. The van der Waals surface area contributed by atoms with Crippen LogP contribution in [-0.4, -0.2) is 63.7 Å². The van der Waals surface area contributed by atoms with Gasteiger partial charge in [-0.3, -0.25) is 14.5 Å². The van der Waals surface area contributed by atoms with Gasteiger partial charge in [-0.1, -0.05) is 12.1 Å². The number of nitrogens with one attached hydrogen (secondary N) is 2. The lowest BCUT2D eigenvalue weighted by Crippen LogP contribution is -2.45. The standard InChI is InChI=1S/C22H26F2N4O3/c1-27(2)17-6-3-15(4-7-17)20(28-9-11-31-12-10-28)14-25-21(29)22(30)26-19-8-5-16(23)13-18(19)24/h3-8,13,20H,9-12,14H2,1-2H3,(H,25,29)(H,26,30). The number of nitrogens with zero attached hydrogens (tertiary/aromatic N) is 2. The maximum Gasteiger partial charge on any atom is 0.313 e. The lowest BCUT2D eigenvalue weighted by atomic mass is 10.0. The summed E-state index contributed by atoms with van der Waals surface area (Å²) in [5.74, 6) is -3.64. The third-order valence-electron chi connectivity index (χ3n) is 5.12. The van der Waals surface area contributed by atoms with E-state index in [0.29, 0.717) is 32.4 Å². The molecule has 9 heteroatoms. The summed E-state index contributed by atoms with van der Waals surface area (Å²) < 4.78 is 32.2. The molecule has 2 aromatic carbocycles. The van der Waals surface area contributed by atoms with Crippen molar-refractivity contribution in [2.75, 3.05) is 57.2 Å². The van der Waals surface area contributed by atoms with E-state index in [1.807, 2.05) is 43.3 Å². The second kappa shape index (κ2) is 10.3. The molecule has 2 N–H and O–H groups in total. The Hall–Kier alpha value is -3.04. The van der Waals surface area contributed by atoms with Gasteiger partial charge in [0.15, 0.2) is 0 Å². The van der Waals surface area contributed by atoms with E-state index in [2.05, 4.69) is 15.5 Å². The Morgan fingerprint density at radius 1 is 1.06 bits per heavy atom. The van der Waals surface area contributed by atoms with E-state index < -0.39 is 23.4 Å². The first kappa shape index (κ1) is 22.6. The molecule has 2 aromatic rings. The highest BCUT2D eigenvalue weighted by Gasteiger charge is 2.25. The summed E-state index contributed by atoms with van der Waals surface area (Å²) in [7, 11) is 3.91. The van der Waals surface area contributed by atoms with E-state index in [1.54, 1.807) is 0 Å². The minimum atomic E-state index is -1.02. The fourth-order valence-corrected chi connectivity index (χ4v) is 3.38. The highest BCUT2D eigenvalue weighted by atomic mass is 19.1. The van der Waals surface area contributed by atoms with Gasteiger partial charge in [0.1, 0.15) is 11.6 Å². The van der Waals surface area contributed by atoms with Gasteiger partial charge in [-0.2, -0.15) is 0 Å². The molecule has 1 saturated heterocycles. The summed E-state index contributed by atoms with van der Waals surface area (Å²) in [5, 5.41) is 4.79. The van der Waals surface area contributed by atoms with Crippen molar-refractivity contribution in [2.24, 2.45) is 0 Å². The highest BCUT2D eigenvalue weighted by molar-refractivity contribution is 6.39. The molecule has 1 heterocycles. The van der Waals surface area contributed by atoms with E-state index in [-0.39, 0.29) is 18.3 Å². The van der Waals surface area contributed by atoms with Crippen LogP contribution in [0.3, 0.4) is 0 Å². The van der Waals surface area contributed by atoms with Crippen LogP contribution in [0.15, 0.2) is 42.5 Å². The molecule has 1 fully saturated rings. The van der Waals surface area contributed by atoms with Gasteiger partial charge in [0.25, 0.3) is 0 Å². The Kier molecular flexibility index (Phi) is 7.54. The zero-order chi connectivity index (χ0) is 22.4. The number of ether oxygens (including phenoxy) is 1. The Morgan fingerprint density at radius 2 is 1.74 bits per heavy atom. The zero-order valence-corrected chi connectivity index (χ0v) is 17.5. The van der Waals surface area contributed by atoms with E-state index >= 15 is 0 Å². The number of carbonyl (C=O) groups excluding carboxylic acids is 2. The number of amides is 2. The number of carbonyl (C=O) groups is 2. The summed E-state index contributed by atoms with van der Waals surface area (Å²) >= 11 is 0. The summed E-state index contributed by atoms with van der Waals surface area (Å²) in [6.45, 7) is 2.76. The molecule has 0 radical (unpaired) electrons. The largest absolute Gasteiger partial charge is 0.379 e. The maximum absolute atomic E-state index is 13.7. The van der Waals surface area contributed by atoms with Crippen molar-refractivity contribution >= 4 is 23.2 Å². The Balaban J connectivity index is 1.67. The van der Waals surface area contributed by atoms with E-state index in [1.165, 1.54) is 0 Å². The van der Waals surface area contributed by atoms with Crippen molar-refractivity contribution < 1.29 is 23.1 Å². The highest BCUT2D eigenvalue weighted by Crippen LogP contribution is 2.24. The monoisotopic (exact) mass is 432 g/mol. The van der Waals surface area contributed by atoms with Crippen LogP contribution in [0.2, 0.25) is 0 Å². The van der Waals surface area contributed by atoms with Crippen LogP contribution in [0.25, 0.3) is 0 Å². The SMILES string of the molecule is CN(C)c1ccc(C(CNC(=O)C(=O)Nc2ccc(F)cc2F)N2CCOCC2)cc1. The van der Waals surface area contributed by atoms with Crippen LogP contribution < -0.4 is 15.5 Å². The smallest absolute Gasteiger partial charge is 0.313 e. The molecule has 1 unspecified atom stereocenters. The number of morpholine rings is 1. The van der Waals surface area contributed by atoms with Gasteiger partial charge < -0.3 is 20.3 Å². The quantitative estimate of drug-likeness (QED) is 0.685. The molecule has 166 valence electrons. The first-order chi connectivity index (χ1) is 14.8. The van der Waals surface area contributed by atoms with Crippen molar-refractivity contribution in [3.8, 4) is 0 Å². The zero-order valence-electron chi connectivity index (χ0n) is 17.5. The molecule has 1 atom stereocenters. The van der Waals surface area contributed by atoms with Gasteiger partial charge in [-0.15, -0.1) is 0 Å². The van der Waals surface area contributed by atoms with E-state index in [4.69, 9.17) is 4.74 Å². The summed E-state index contributed by atoms with van der Waals surface area (Å²) in [6, 6.07) is 10.5. The number of anilines is 2. The van der Waals surface area contributed by atoms with Crippen molar-refractivity contribution in [3.05, 3.63) is 59.7 Å². The van der Waals surface area contributed by atoms with Crippen LogP contribution in [0.4, 0.5) is 20.2 Å². The molecule has 0 saturated carbocycles. The maximum atomic E-state index is 13.7. The molecule has 0 aliphatic carbocycles. The number of hydrogen-bond donors (Lipinski definition) is 2. The molecular weight excluding hydrogens is 406 g/mol. The van der Waals surface area contributed by atoms with Crippen molar-refractivity contribution in [1.29, 1.82) is 0 Å². The van der Waals surface area contributed by atoms with Gasteiger partial charge in [0.2, 0.25) is 0 Å².